The van der Waals surface area contributed by atoms with E-state index >= 15 is 0 Å². The third-order valence-electron chi connectivity index (χ3n) is 11.7. The minimum Gasteiger partial charge on any atom is -0.456 e. The van der Waals surface area contributed by atoms with Crippen molar-refractivity contribution in [1.29, 1.82) is 0 Å². The SMILES string of the molecule is C1=CC2C=Cc3c(ccc4ccccc34)C2C=C1c1ccc(N(c2ccc(-c3ccccc3)cc2)c2ccc(-c3cccc4oc5ccccc5c34)cc2)cc1. The van der Waals surface area contributed by atoms with Gasteiger partial charge in [0.2, 0.25) is 0 Å². The van der Waals surface area contributed by atoms with Gasteiger partial charge in [-0.15, -0.1) is 0 Å². The van der Waals surface area contributed by atoms with Crippen molar-refractivity contribution < 1.29 is 4.42 Å². The van der Waals surface area contributed by atoms with Crippen LogP contribution in [0.4, 0.5) is 17.1 Å². The molecule has 2 nitrogen and oxygen atoms in total. The largest absolute Gasteiger partial charge is 0.456 e. The van der Waals surface area contributed by atoms with Crippen LogP contribution < -0.4 is 4.90 Å². The van der Waals surface area contributed by atoms with Gasteiger partial charge in [-0.1, -0.05) is 164 Å². The van der Waals surface area contributed by atoms with Crippen molar-refractivity contribution in [1.82, 2.24) is 0 Å². The smallest absolute Gasteiger partial charge is 0.136 e. The fourth-order valence-electron chi connectivity index (χ4n) is 8.85. The zero-order valence-corrected chi connectivity index (χ0v) is 30.7. The summed E-state index contributed by atoms with van der Waals surface area (Å²) in [6.07, 6.45) is 11.8. The summed E-state index contributed by atoms with van der Waals surface area (Å²) in [5, 5.41) is 4.90. The first kappa shape index (κ1) is 32.3. The Hall–Kier alpha value is -7.16. The van der Waals surface area contributed by atoms with Gasteiger partial charge >= 0.3 is 0 Å². The second-order valence-electron chi connectivity index (χ2n) is 14.9. The first-order valence-electron chi connectivity index (χ1n) is 19.4. The molecule has 0 saturated carbocycles. The minimum absolute atomic E-state index is 0.309. The summed E-state index contributed by atoms with van der Waals surface area (Å²) in [5.74, 6) is 0.673. The predicted molar refractivity (Wildman–Crippen MR) is 236 cm³/mol. The van der Waals surface area contributed by atoms with Gasteiger partial charge in [0.15, 0.2) is 0 Å². The third-order valence-corrected chi connectivity index (χ3v) is 11.7. The molecule has 264 valence electrons. The molecule has 0 fully saturated rings. The number of hydrogen-bond acceptors (Lipinski definition) is 2. The summed E-state index contributed by atoms with van der Waals surface area (Å²) < 4.78 is 6.22. The van der Waals surface area contributed by atoms with Crippen molar-refractivity contribution in [3.63, 3.8) is 0 Å². The van der Waals surface area contributed by atoms with Crippen LogP contribution in [0.3, 0.4) is 0 Å². The molecule has 2 unspecified atom stereocenters. The summed E-state index contributed by atoms with van der Waals surface area (Å²) in [5.41, 5.74) is 15.1. The zero-order chi connectivity index (χ0) is 37.0. The van der Waals surface area contributed by atoms with Crippen molar-refractivity contribution in [2.75, 3.05) is 4.90 Å². The van der Waals surface area contributed by atoms with E-state index in [2.05, 4.69) is 205 Å². The molecule has 8 aromatic carbocycles. The van der Waals surface area contributed by atoms with Gasteiger partial charge in [0, 0.05) is 39.7 Å². The van der Waals surface area contributed by atoms with E-state index in [0.717, 1.165) is 44.6 Å². The number of rotatable bonds is 6. The lowest BCUT2D eigenvalue weighted by atomic mass is 9.74. The van der Waals surface area contributed by atoms with E-state index in [1.807, 2.05) is 12.1 Å². The summed E-state index contributed by atoms with van der Waals surface area (Å²) in [6, 6.07) is 65.4. The lowest BCUT2D eigenvalue weighted by molar-refractivity contribution is 0.669. The number of para-hydroxylation sites is 1. The molecule has 1 aromatic heterocycles. The fraction of sp³-hybridized carbons (Fsp3) is 0.0370. The molecule has 0 aliphatic heterocycles. The molecule has 0 spiro atoms. The van der Waals surface area contributed by atoms with Crippen LogP contribution in [0, 0.1) is 5.92 Å². The number of nitrogens with zero attached hydrogens (tertiary/aromatic N) is 1. The van der Waals surface area contributed by atoms with Gasteiger partial charge in [-0.3, -0.25) is 0 Å². The summed E-state index contributed by atoms with van der Waals surface area (Å²) in [7, 11) is 0. The molecule has 2 heteroatoms. The van der Waals surface area contributed by atoms with Crippen LogP contribution in [0.1, 0.15) is 22.6 Å². The maximum Gasteiger partial charge on any atom is 0.136 e. The first-order valence-corrected chi connectivity index (χ1v) is 19.4. The van der Waals surface area contributed by atoms with E-state index < -0.39 is 0 Å². The standard InChI is InChI=1S/C54H37NO/c1-2-9-36(10-3-1)37-19-27-43(28-20-37)55(45-31-23-40(24-32-45)47-14-8-16-53-54(47)50-13-6-7-15-52(50)56-53)44-29-21-38(22-30-44)42-18-17-41-26-33-48-46-12-5-4-11-39(46)25-34-49(48)51(41)35-42/h1-35,41,51H. The van der Waals surface area contributed by atoms with Crippen molar-refractivity contribution in [2.24, 2.45) is 5.92 Å². The molecule has 0 amide bonds. The molecule has 0 N–H and O–H groups in total. The summed E-state index contributed by atoms with van der Waals surface area (Å²) in [6.45, 7) is 0. The van der Waals surface area contributed by atoms with Crippen molar-refractivity contribution in [3.05, 3.63) is 223 Å². The highest BCUT2D eigenvalue weighted by Gasteiger charge is 2.27. The second kappa shape index (κ2) is 13.3. The molecule has 2 aliphatic carbocycles. The minimum atomic E-state index is 0.309. The highest BCUT2D eigenvalue weighted by atomic mass is 16.3. The number of benzene rings is 8. The zero-order valence-electron chi connectivity index (χ0n) is 30.7. The summed E-state index contributed by atoms with van der Waals surface area (Å²) >= 11 is 0. The molecular weight excluding hydrogens is 679 g/mol. The van der Waals surface area contributed by atoms with Gasteiger partial charge in [0.25, 0.3) is 0 Å². The maximum absolute atomic E-state index is 6.22. The van der Waals surface area contributed by atoms with Crippen LogP contribution in [-0.4, -0.2) is 0 Å². The Kier molecular flexibility index (Phi) is 7.67. The van der Waals surface area contributed by atoms with Crippen molar-refractivity contribution >= 4 is 61.4 Å². The molecule has 2 aliphatic rings. The van der Waals surface area contributed by atoms with Gasteiger partial charge in [0.05, 0.1) is 0 Å². The van der Waals surface area contributed by atoms with Crippen molar-refractivity contribution in [2.45, 2.75) is 5.92 Å². The van der Waals surface area contributed by atoms with Gasteiger partial charge < -0.3 is 9.32 Å². The van der Waals surface area contributed by atoms with Crippen LogP contribution in [0.25, 0.3) is 66.6 Å². The van der Waals surface area contributed by atoms with E-state index in [4.69, 9.17) is 4.42 Å². The van der Waals surface area contributed by atoms with Crippen LogP contribution in [0.5, 0.6) is 0 Å². The number of hydrogen-bond donors (Lipinski definition) is 0. The lowest BCUT2D eigenvalue weighted by Gasteiger charge is -2.30. The van der Waals surface area contributed by atoms with Crippen LogP contribution in [0.15, 0.2) is 211 Å². The van der Waals surface area contributed by atoms with E-state index in [-0.39, 0.29) is 0 Å². The van der Waals surface area contributed by atoms with Gasteiger partial charge in [-0.25, -0.2) is 0 Å². The van der Waals surface area contributed by atoms with Crippen molar-refractivity contribution in [3.8, 4) is 22.3 Å². The van der Waals surface area contributed by atoms with Crippen LogP contribution in [-0.2, 0) is 0 Å². The van der Waals surface area contributed by atoms with Gasteiger partial charge in [-0.2, -0.15) is 0 Å². The Labute approximate surface area is 326 Å². The monoisotopic (exact) mass is 715 g/mol. The second-order valence-corrected chi connectivity index (χ2v) is 14.9. The van der Waals surface area contributed by atoms with E-state index in [9.17, 15) is 0 Å². The Balaban J connectivity index is 0.960. The Morgan fingerprint density at radius 2 is 1.04 bits per heavy atom. The molecular formula is C54H37NO. The van der Waals surface area contributed by atoms with E-state index in [1.54, 1.807) is 0 Å². The topological polar surface area (TPSA) is 16.4 Å². The molecule has 0 saturated heterocycles. The molecule has 2 atom stereocenters. The molecule has 0 radical (unpaired) electrons. The third kappa shape index (κ3) is 5.49. The summed E-state index contributed by atoms with van der Waals surface area (Å²) in [4.78, 5) is 2.35. The molecule has 1 heterocycles. The van der Waals surface area contributed by atoms with Gasteiger partial charge in [-0.05, 0) is 104 Å². The average Bonchev–Trinajstić information content (AvgIpc) is 3.66. The van der Waals surface area contributed by atoms with E-state index in [0.29, 0.717) is 11.8 Å². The van der Waals surface area contributed by atoms with Gasteiger partial charge in [0.1, 0.15) is 11.2 Å². The predicted octanol–water partition coefficient (Wildman–Crippen LogP) is 14.9. The maximum atomic E-state index is 6.22. The molecule has 0 bridgehead atoms. The molecule has 56 heavy (non-hydrogen) atoms. The Morgan fingerprint density at radius 3 is 1.80 bits per heavy atom. The highest BCUT2D eigenvalue weighted by molar-refractivity contribution is 6.12. The number of furan rings is 1. The quantitative estimate of drug-likeness (QED) is 0.170. The lowest BCUT2D eigenvalue weighted by Crippen LogP contribution is -2.15. The number of fused-ring (bicyclic) bond motifs is 8. The normalized spacial score (nSPS) is 15.8. The average molecular weight is 716 g/mol. The Bertz CT molecular complexity index is 3000. The first-order chi connectivity index (χ1) is 27.7. The molecule has 11 rings (SSSR count). The number of allylic oxidation sites excluding steroid dienone is 5. The number of anilines is 3. The molecule has 9 aromatic rings. The van der Waals surface area contributed by atoms with E-state index in [1.165, 1.54) is 49.7 Å². The Morgan fingerprint density at radius 1 is 0.429 bits per heavy atom. The van der Waals surface area contributed by atoms with Crippen LogP contribution >= 0.6 is 0 Å². The highest BCUT2D eigenvalue weighted by Crippen LogP contribution is 2.44. The van der Waals surface area contributed by atoms with Crippen LogP contribution in [0.2, 0.25) is 0 Å². The fourth-order valence-corrected chi connectivity index (χ4v) is 8.85.